The van der Waals surface area contributed by atoms with Gasteiger partial charge < -0.3 is 15.2 Å². The van der Waals surface area contributed by atoms with E-state index >= 15 is 0 Å². The van der Waals surface area contributed by atoms with Crippen molar-refractivity contribution in [3.05, 3.63) is 33.9 Å². The number of nitro groups is 1. The fourth-order valence-corrected chi connectivity index (χ4v) is 2.53. The summed E-state index contributed by atoms with van der Waals surface area (Å²) >= 11 is 0. The third-order valence-corrected chi connectivity index (χ3v) is 3.67. The summed E-state index contributed by atoms with van der Waals surface area (Å²) in [5.74, 6) is 0.241. The molecule has 0 heterocycles. The van der Waals surface area contributed by atoms with Crippen LogP contribution in [0.5, 0.6) is 5.75 Å². The minimum Gasteiger partial charge on any atom is -0.481 e. The van der Waals surface area contributed by atoms with E-state index in [-0.39, 0.29) is 17.5 Å². The Bertz CT molecular complexity index is 493. The lowest BCUT2D eigenvalue weighted by Crippen LogP contribution is -2.26. The molecular weight excluding hydrogens is 272 g/mol. The second kappa shape index (κ2) is 7.38. The zero-order valence-corrected chi connectivity index (χ0v) is 12.2. The maximum Gasteiger partial charge on any atom is 0.311 e. The highest BCUT2D eigenvalue weighted by Crippen LogP contribution is 2.32. The Morgan fingerprint density at radius 2 is 2.29 bits per heavy atom. The highest BCUT2D eigenvalue weighted by Gasteiger charge is 2.29. The van der Waals surface area contributed by atoms with E-state index in [0.29, 0.717) is 13.0 Å². The van der Waals surface area contributed by atoms with E-state index in [4.69, 9.17) is 4.74 Å². The quantitative estimate of drug-likeness (QED) is 0.458. The Hall–Kier alpha value is -1.66. The standard InChI is InChI=1S/C15H22N2O4/c1-2-8-16-10-11-6-7-14(12(9-11)17(19)20)21-15-5-3-4-13(15)18/h6-7,9,13,15-16,18H,2-5,8,10H2,1H3. The number of nitro benzene ring substituents is 1. The van der Waals surface area contributed by atoms with Crippen molar-refractivity contribution in [3.8, 4) is 5.75 Å². The van der Waals surface area contributed by atoms with Gasteiger partial charge in [-0.3, -0.25) is 10.1 Å². The molecule has 0 bridgehead atoms. The van der Waals surface area contributed by atoms with Crippen molar-refractivity contribution < 1.29 is 14.8 Å². The normalized spacial score (nSPS) is 21.4. The lowest BCUT2D eigenvalue weighted by molar-refractivity contribution is -0.386. The number of aliphatic hydroxyl groups excluding tert-OH is 1. The van der Waals surface area contributed by atoms with Crippen molar-refractivity contribution >= 4 is 5.69 Å². The van der Waals surface area contributed by atoms with Crippen LogP contribution in [0.25, 0.3) is 0 Å². The molecule has 1 aromatic rings. The molecule has 1 aliphatic carbocycles. The molecule has 1 fully saturated rings. The van der Waals surface area contributed by atoms with E-state index in [2.05, 4.69) is 12.2 Å². The summed E-state index contributed by atoms with van der Waals surface area (Å²) < 4.78 is 5.65. The maximum absolute atomic E-state index is 11.2. The average Bonchev–Trinajstić information content (AvgIpc) is 2.86. The first kappa shape index (κ1) is 15.7. The van der Waals surface area contributed by atoms with E-state index in [0.717, 1.165) is 31.4 Å². The molecule has 2 atom stereocenters. The van der Waals surface area contributed by atoms with Crippen LogP contribution in [0.2, 0.25) is 0 Å². The Labute approximate surface area is 124 Å². The molecule has 0 aliphatic heterocycles. The van der Waals surface area contributed by atoms with Crippen molar-refractivity contribution in [2.75, 3.05) is 6.54 Å². The van der Waals surface area contributed by atoms with E-state index in [9.17, 15) is 15.2 Å². The summed E-state index contributed by atoms with van der Waals surface area (Å²) in [6.45, 7) is 3.54. The molecule has 116 valence electrons. The van der Waals surface area contributed by atoms with E-state index < -0.39 is 11.0 Å². The molecule has 6 nitrogen and oxygen atoms in total. The second-order valence-electron chi connectivity index (χ2n) is 5.39. The van der Waals surface area contributed by atoms with Crippen LogP contribution in [-0.2, 0) is 6.54 Å². The lowest BCUT2D eigenvalue weighted by atomic mass is 10.1. The number of rotatable bonds is 7. The number of nitrogens with one attached hydrogen (secondary N) is 1. The van der Waals surface area contributed by atoms with Crippen LogP contribution in [0, 0.1) is 10.1 Å². The van der Waals surface area contributed by atoms with E-state index in [1.54, 1.807) is 12.1 Å². The first-order valence-corrected chi connectivity index (χ1v) is 7.44. The van der Waals surface area contributed by atoms with Gasteiger partial charge in [0.05, 0.1) is 11.0 Å². The molecule has 21 heavy (non-hydrogen) atoms. The van der Waals surface area contributed by atoms with Crippen LogP contribution in [0.4, 0.5) is 5.69 Å². The van der Waals surface area contributed by atoms with Gasteiger partial charge in [-0.25, -0.2) is 0 Å². The molecule has 0 aromatic heterocycles. The van der Waals surface area contributed by atoms with Gasteiger partial charge in [-0.05, 0) is 43.9 Å². The molecule has 1 aromatic carbocycles. The fourth-order valence-electron chi connectivity index (χ4n) is 2.53. The zero-order chi connectivity index (χ0) is 15.2. The highest BCUT2D eigenvalue weighted by molar-refractivity contribution is 5.48. The Morgan fingerprint density at radius 3 is 2.90 bits per heavy atom. The highest BCUT2D eigenvalue weighted by atomic mass is 16.6. The number of hydrogen-bond acceptors (Lipinski definition) is 5. The summed E-state index contributed by atoms with van der Waals surface area (Å²) in [7, 11) is 0. The third-order valence-electron chi connectivity index (χ3n) is 3.67. The number of nitrogens with zero attached hydrogens (tertiary/aromatic N) is 1. The smallest absolute Gasteiger partial charge is 0.311 e. The number of ether oxygens (including phenoxy) is 1. The monoisotopic (exact) mass is 294 g/mol. The van der Waals surface area contributed by atoms with Crippen LogP contribution in [0.1, 0.15) is 38.2 Å². The van der Waals surface area contributed by atoms with Gasteiger partial charge in [0.1, 0.15) is 6.10 Å². The van der Waals surface area contributed by atoms with Crippen LogP contribution < -0.4 is 10.1 Å². The SMILES string of the molecule is CCCNCc1ccc(OC2CCCC2O)c([N+](=O)[O-])c1. The summed E-state index contributed by atoms with van der Waals surface area (Å²) in [6.07, 6.45) is 2.46. The summed E-state index contributed by atoms with van der Waals surface area (Å²) in [4.78, 5) is 10.8. The van der Waals surface area contributed by atoms with Crippen molar-refractivity contribution in [2.45, 2.75) is 51.4 Å². The topological polar surface area (TPSA) is 84.6 Å². The number of benzene rings is 1. The molecule has 0 radical (unpaired) electrons. The van der Waals surface area contributed by atoms with Crippen molar-refractivity contribution in [1.29, 1.82) is 0 Å². The molecule has 1 aliphatic rings. The van der Waals surface area contributed by atoms with Gasteiger partial charge in [0.2, 0.25) is 0 Å². The Balaban J connectivity index is 2.11. The van der Waals surface area contributed by atoms with Gasteiger partial charge >= 0.3 is 5.69 Å². The summed E-state index contributed by atoms with van der Waals surface area (Å²) in [5.41, 5.74) is 0.819. The maximum atomic E-state index is 11.2. The average molecular weight is 294 g/mol. The molecule has 6 heteroatoms. The lowest BCUT2D eigenvalue weighted by Gasteiger charge is -2.17. The predicted molar refractivity (Wildman–Crippen MR) is 79.4 cm³/mol. The van der Waals surface area contributed by atoms with Crippen LogP contribution in [0.3, 0.4) is 0 Å². The molecule has 0 spiro atoms. The summed E-state index contributed by atoms with van der Waals surface area (Å²) in [5, 5.41) is 24.2. The second-order valence-corrected chi connectivity index (χ2v) is 5.39. The number of aliphatic hydroxyl groups is 1. The van der Waals surface area contributed by atoms with E-state index in [1.165, 1.54) is 0 Å². The Kier molecular flexibility index (Phi) is 5.52. The van der Waals surface area contributed by atoms with E-state index in [1.807, 2.05) is 6.07 Å². The minimum absolute atomic E-state index is 0.0371. The predicted octanol–water partition coefficient (Wildman–Crippen LogP) is 2.39. The zero-order valence-electron chi connectivity index (χ0n) is 12.2. The molecule has 2 rings (SSSR count). The van der Waals surface area contributed by atoms with Gasteiger partial charge in [0.15, 0.2) is 5.75 Å². The molecule has 0 amide bonds. The molecule has 1 saturated carbocycles. The summed E-state index contributed by atoms with van der Waals surface area (Å²) in [6, 6.07) is 5.00. The first-order chi connectivity index (χ1) is 10.1. The van der Waals surface area contributed by atoms with Gasteiger partial charge in [-0.1, -0.05) is 13.0 Å². The van der Waals surface area contributed by atoms with Gasteiger partial charge in [-0.15, -0.1) is 0 Å². The molecular formula is C15H22N2O4. The molecule has 2 unspecified atom stereocenters. The van der Waals surface area contributed by atoms with Gasteiger partial charge in [0.25, 0.3) is 0 Å². The van der Waals surface area contributed by atoms with Crippen molar-refractivity contribution in [2.24, 2.45) is 0 Å². The largest absolute Gasteiger partial charge is 0.481 e. The molecule has 2 N–H and O–H groups in total. The van der Waals surface area contributed by atoms with Crippen molar-refractivity contribution in [3.63, 3.8) is 0 Å². The van der Waals surface area contributed by atoms with Crippen LogP contribution in [0.15, 0.2) is 18.2 Å². The molecule has 0 saturated heterocycles. The van der Waals surface area contributed by atoms with Crippen LogP contribution in [-0.4, -0.2) is 28.8 Å². The number of hydrogen-bond donors (Lipinski definition) is 2. The van der Waals surface area contributed by atoms with Gasteiger partial charge in [-0.2, -0.15) is 0 Å². The van der Waals surface area contributed by atoms with Crippen LogP contribution >= 0.6 is 0 Å². The van der Waals surface area contributed by atoms with Gasteiger partial charge in [0, 0.05) is 12.6 Å². The Morgan fingerprint density at radius 1 is 1.48 bits per heavy atom. The first-order valence-electron chi connectivity index (χ1n) is 7.44. The third kappa shape index (κ3) is 4.15. The minimum atomic E-state index is -0.532. The fraction of sp³-hybridized carbons (Fsp3) is 0.600. The van der Waals surface area contributed by atoms with Crippen molar-refractivity contribution in [1.82, 2.24) is 5.32 Å².